The third-order valence-corrected chi connectivity index (χ3v) is 6.91. The molecule has 9 nitrogen and oxygen atoms in total. The monoisotopic (exact) mass is 510 g/mol. The number of aliphatic hydroxyl groups excluding tert-OH is 1. The van der Waals surface area contributed by atoms with Crippen LogP contribution in [0.3, 0.4) is 0 Å². The second-order valence-electron chi connectivity index (χ2n) is 9.07. The van der Waals surface area contributed by atoms with Gasteiger partial charge in [0.1, 0.15) is 11.5 Å². The van der Waals surface area contributed by atoms with Crippen LogP contribution in [0, 0.1) is 6.92 Å². The fourth-order valence-corrected chi connectivity index (χ4v) is 5.03. The van der Waals surface area contributed by atoms with E-state index < -0.39 is 17.7 Å². The topological polar surface area (TPSA) is 97.8 Å². The molecule has 2 aromatic rings. The lowest BCUT2D eigenvalue weighted by molar-refractivity contribution is -0.140. The maximum atomic E-state index is 13.4. The zero-order valence-electron chi connectivity index (χ0n) is 21.8. The van der Waals surface area contributed by atoms with Gasteiger partial charge in [-0.1, -0.05) is 12.1 Å². The lowest BCUT2D eigenvalue weighted by Crippen LogP contribution is -2.39. The second kappa shape index (κ2) is 11.7. The molecule has 2 fully saturated rings. The van der Waals surface area contributed by atoms with Crippen molar-refractivity contribution in [2.45, 2.75) is 19.4 Å². The first-order chi connectivity index (χ1) is 17.9. The van der Waals surface area contributed by atoms with Crippen molar-refractivity contribution in [1.29, 1.82) is 0 Å². The smallest absolute Gasteiger partial charge is 0.295 e. The molecule has 1 N–H and O–H groups in total. The van der Waals surface area contributed by atoms with E-state index in [1.807, 2.05) is 6.92 Å². The summed E-state index contributed by atoms with van der Waals surface area (Å²) in [6, 6.07) is 9.62. The Labute approximate surface area is 217 Å². The van der Waals surface area contributed by atoms with Crippen molar-refractivity contribution in [2.24, 2.45) is 0 Å². The van der Waals surface area contributed by atoms with Gasteiger partial charge in [0, 0.05) is 37.3 Å². The highest BCUT2D eigenvalue weighted by atomic mass is 16.5. The van der Waals surface area contributed by atoms with E-state index in [9.17, 15) is 14.7 Å². The first-order valence-corrected chi connectivity index (χ1v) is 12.4. The van der Waals surface area contributed by atoms with Crippen molar-refractivity contribution in [3.8, 4) is 17.2 Å². The van der Waals surface area contributed by atoms with E-state index in [-0.39, 0.29) is 11.3 Å². The molecule has 0 aliphatic carbocycles. The number of carbonyl (C=O) groups is 2. The van der Waals surface area contributed by atoms with Gasteiger partial charge in [0.2, 0.25) is 0 Å². The number of hydrogen-bond donors (Lipinski definition) is 1. The zero-order valence-corrected chi connectivity index (χ0v) is 21.8. The van der Waals surface area contributed by atoms with Crippen molar-refractivity contribution in [3.63, 3.8) is 0 Å². The number of benzene rings is 2. The van der Waals surface area contributed by atoms with Crippen LogP contribution in [0.2, 0.25) is 0 Å². The van der Waals surface area contributed by atoms with E-state index in [0.717, 1.165) is 25.2 Å². The van der Waals surface area contributed by atoms with Gasteiger partial charge in [-0.05, 0) is 43.2 Å². The summed E-state index contributed by atoms with van der Waals surface area (Å²) in [6.07, 6.45) is 0.664. The van der Waals surface area contributed by atoms with Crippen LogP contribution in [-0.2, 0) is 14.3 Å². The number of hydrogen-bond acceptors (Lipinski definition) is 8. The van der Waals surface area contributed by atoms with E-state index in [4.69, 9.17) is 18.9 Å². The Morgan fingerprint density at radius 1 is 1.00 bits per heavy atom. The average Bonchev–Trinajstić information content (AvgIpc) is 3.17. The summed E-state index contributed by atoms with van der Waals surface area (Å²) >= 11 is 0. The molecule has 0 aromatic heterocycles. The van der Waals surface area contributed by atoms with Gasteiger partial charge in [-0.15, -0.1) is 0 Å². The highest BCUT2D eigenvalue weighted by molar-refractivity contribution is 6.46. The predicted octanol–water partition coefficient (Wildman–Crippen LogP) is 3.16. The maximum Gasteiger partial charge on any atom is 0.295 e. The zero-order chi connectivity index (χ0) is 26.5. The van der Waals surface area contributed by atoms with Crippen LogP contribution in [-0.4, -0.2) is 87.3 Å². The molecule has 9 heteroatoms. The van der Waals surface area contributed by atoms with Gasteiger partial charge in [0.05, 0.1) is 46.2 Å². The number of methoxy groups -OCH3 is 3. The number of ketones is 1. The van der Waals surface area contributed by atoms with Crippen molar-refractivity contribution >= 4 is 17.4 Å². The molecule has 2 aromatic carbocycles. The second-order valence-corrected chi connectivity index (χ2v) is 9.07. The fraction of sp³-hybridized carbons (Fsp3) is 0.429. The number of likely N-dealkylation sites (tertiary alicyclic amines) is 1. The van der Waals surface area contributed by atoms with Crippen LogP contribution >= 0.6 is 0 Å². The van der Waals surface area contributed by atoms with Gasteiger partial charge >= 0.3 is 0 Å². The largest absolute Gasteiger partial charge is 0.507 e. The first-order valence-electron chi connectivity index (χ1n) is 12.4. The van der Waals surface area contributed by atoms with Crippen molar-refractivity contribution in [3.05, 3.63) is 58.7 Å². The third-order valence-electron chi connectivity index (χ3n) is 6.91. The van der Waals surface area contributed by atoms with Crippen LogP contribution < -0.4 is 14.2 Å². The Bertz CT molecular complexity index is 1190. The quantitative estimate of drug-likeness (QED) is 0.312. The summed E-state index contributed by atoms with van der Waals surface area (Å²) in [6.45, 7) is 6.00. The van der Waals surface area contributed by atoms with E-state index in [1.54, 1.807) is 43.5 Å². The molecule has 2 aliphatic rings. The molecule has 0 radical (unpaired) electrons. The summed E-state index contributed by atoms with van der Waals surface area (Å²) < 4.78 is 21.9. The number of Topliss-reactive ketones (excluding diaryl/α,β-unsaturated/α-hetero) is 1. The number of rotatable bonds is 9. The predicted molar refractivity (Wildman–Crippen MR) is 138 cm³/mol. The summed E-state index contributed by atoms with van der Waals surface area (Å²) in [5, 5.41) is 11.4. The van der Waals surface area contributed by atoms with Crippen LogP contribution in [0.15, 0.2) is 42.0 Å². The van der Waals surface area contributed by atoms with Crippen molar-refractivity contribution < 1.29 is 33.6 Å². The SMILES string of the molecule is COc1ccc(/C(O)=C2/C(=O)C(=O)N(CCCN3CCOCC3)C2c2cccc(OC)c2OC)cc1C. The van der Waals surface area contributed by atoms with E-state index in [1.165, 1.54) is 19.1 Å². The third kappa shape index (κ3) is 5.28. The molecule has 1 amide bonds. The Morgan fingerprint density at radius 3 is 2.38 bits per heavy atom. The molecule has 1 unspecified atom stereocenters. The van der Waals surface area contributed by atoms with E-state index in [0.29, 0.717) is 54.6 Å². The van der Waals surface area contributed by atoms with Crippen molar-refractivity contribution in [1.82, 2.24) is 9.80 Å². The number of nitrogens with zero attached hydrogens (tertiary/aromatic N) is 2. The lowest BCUT2D eigenvalue weighted by Gasteiger charge is -2.30. The van der Waals surface area contributed by atoms with Gasteiger partial charge in [0.15, 0.2) is 11.5 Å². The van der Waals surface area contributed by atoms with Gasteiger partial charge in [-0.25, -0.2) is 0 Å². The number of aryl methyl sites for hydroxylation is 1. The molecule has 0 saturated carbocycles. The molecule has 1 atom stereocenters. The minimum atomic E-state index is -0.836. The maximum absolute atomic E-state index is 13.4. The molecule has 2 heterocycles. The molecule has 2 aliphatic heterocycles. The molecule has 198 valence electrons. The molecule has 0 bridgehead atoms. The normalized spacial score (nSPS) is 19.8. The molecular formula is C28H34N2O7. The molecular weight excluding hydrogens is 476 g/mol. The molecule has 37 heavy (non-hydrogen) atoms. The number of amides is 1. The molecule has 2 saturated heterocycles. The van der Waals surface area contributed by atoms with E-state index >= 15 is 0 Å². The lowest BCUT2D eigenvalue weighted by atomic mass is 9.93. The van der Waals surface area contributed by atoms with Crippen LogP contribution in [0.5, 0.6) is 17.2 Å². The number of ether oxygens (including phenoxy) is 4. The van der Waals surface area contributed by atoms with Gasteiger partial charge in [-0.3, -0.25) is 14.5 Å². The number of carbonyl (C=O) groups excluding carboxylic acids is 2. The van der Waals surface area contributed by atoms with Crippen LogP contribution in [0.4, 0.5) is 0 Å². The average molecular weight is 511 g/mol. The van der Waals surface area contributed by atoms with E-state index in [2.05, 4.69) is 4.90 Å². The fourth-order valence-electron chi connectivity index (χ4n) is 5.03. The summed E-state index contributed by atoms with van der Waals surface area (Å²) in [4.78, 5) is 30.6. The number of aliphatic hydroxyl groups is 1. The summed E-state index contributed by atoms with van der Waals surface area (Å²) in [5.41, 5.74) is 1.81. The van der Waals surface area contributed by atoms with Gasteiger partial charge in [0.25, 0.3) is 11.7 Å². The minimum absolute atomic E-state index is 0.0208. The van der Waals surface area contributed by atoms with Gasteiger partial charge < -0.3 is 29.0 Å². The van der Waals surface area contributed by atoms with Gasteiger partial charge in [-0.2, -0.15) is 0 Å². The minimum Gasteiger partial charge on any atom is -0.507 e. The Balaban J connectivity index is 1.77. The number of para-hydroxylation sites is 1. The molecule has 0 spiro atoms. The Hall–Kier alpha value is -3.56. The Morgan fingerprint density at radius 2 is 1.73 bits per heavy atom. The highest BCUT2D eigenvalue weighted by Crippen LogP contribution is 2.45. The van der Waals surface area contributed by atoms with Crippen molar-refractivity contribution in [2.75, 3.05) is 60.7 Å². The van der Waals surface area contributed by atoms with Crippen LogP contribution in [0.25, 0.3) is 5.76 Å². The summed E-state index contributed by atoms with van der Waals surface area (Å²) in [7, 11) is 4.61. The number of morpholine rings is 1. The standard InChI is InChI=1S/C28H34N2O7/c1-18-17-19(9-10-21(18)34-2)25(31)23-24(20-7-5-8-22(35-3)27(20)36-4)30(28(33)26(23)32)12-6-11-29-13-15-37-16-14-29/h5,7-10,17,24,31H,6,11-16H2,1-4H3/b25-23-. The highest BCUT2D eigenvalue weighted by Gasteiger charge is 2.47. The summed E-state index contributed by atoms with van der Waals surface area (Å²) in [5.74, 6) is -0.0808. The Kier molecular flexibility index (Phi) is 8.35. The first kappa shape index (κ1) is 26.5. The molecule has 4 rings (SSSR count). The van der Waals surface area contributed by atoms with Crippen LogP contribution in [0.1, 0.15) is 29.2 Å².